The highest BCUT2D eigenvalue weighted by Crippen LogP contribution is 2.36. The van der Waals surface area contributed by atoms with E-state index in [1.54, 1.807) is 18.6 Å². The van der Waals surface area contributed by atoms with Crippen LogP contribution in [0.25, 0.3) is 44.3 Å². The molecule has 0 saturated heterocycles. The molecular weight excluding hydrogens is 359 g/mol. The van der Waals surface area contributed by atoms with Crippen molar-refractivity contribution in [2.45, 2.75) is 0 Å². The van der Waals surface area contributed by atoms with E-state index in [0.717, 1.165) is 22.2 Å². The second-order valence-corrected chi connectivity index (χ2v) is 6.15. The monoisotopic (exact) mass is 372 g/mol. The first-order valence-corrected chi connectivity index (χ1v) is 8.47. The van der Waals surface area contributed by atoms with Gasteiger partial charge in [0.2, 0.25) is 0 Å². The molecule has 5 aromatic heterocycles. The van der Waals surface area contributed by atoms with Crippen molar-refractivity contribution >= 4 is 21.9 Å². The van der Waals surface area contributed by atoms with Crippen LogP contribution in [-0.2, 0) is 0 Å². The lowest BCUT2D eigenvalue weighted by Crippen LogP contribution is -1.94. The highest BCUT2D eigenvalue weighted by atomic mass is 19.1. The van der Waals surface area contributed by atoms with Gasteiger partial charge in [-0.05, 0) is 18.2 Å². The van der Waals surface area contributed by atoms with Gasteiger partial charge in [-0.25, -0.2) is 19.3 Å². The molecule has 0 saturated carbocycles. The molecule has 0 bridgehead atoms. The van der Waals surface area contributed by atoms with Crippen molar-refractivity contribution < 1.29 is 9.13 Å². The summed E-state index contributed by atoms with van der Waals surface area (Å²) in [6, 6.07) is 5.89. The second-order valence-electron chi connectivity index (χ2n) is 6.15. The molecule has 5 rings (SSSR count). The quantitative estimate of drug-likeness (QED) is 0.518. The number of hydrogen-bond acceptors (Lipinski definition) is 6. The van der Waals surface area contributed by atoms with Crippen LogP contribution in [0, 0.1) is 5.82 Å². The van der Waals surface area contributed by atoms with E-state index in [1.165, 1.54) is 25.7 Å². The fourth-order valence-electron chi connectivity index (χ4n) is 3.24. The van der Waals surface area contributed by atoms with Gasteiger partial charge < -0.3 is 9.72 Å². The molecule has 5 aromatic rings. The van der Waals surface area contributed by atoms with Crippen LogP contribution < -0.4 is 4.74 Å². The van der Waals surface area contributed by atoms with Crippen LogP contribution >= 0.6 is 0 Å². The van der Waals surface area contributed by atoms with E-state index in [4.69, 9.17) is 4.74 Å². The van der Waals surface area contributed by atoms with E-state index < -0.39 is 5.82 Å². The number of nitrogens with one attached hydrogen (secondary N) is 1. The third kappa shape index (κ3) is 2.54. The third-order valence-electron chi connectivity index (χ3n) is 4.52. The number of aromatic nitrogens is 6. The molecule has 1 N–H and O–H groups in total. The standard InChI is InChI=1S/C20H13FN6O/c1-28-20-25-7-12(8-26-20)17-14(21)9-24-19-18(17)13-5-15(23-10-16(13)27-19)11-3-2-4-22-6-11/h2-10H,1H3,(H,24,27). The molecule has 0 radical (unpaired) electrons. The lowest BCUT2D eigenvalue weighted by Gasteiger charge is -2.06. The normalized spacial score (nSPS) is 11.2. The van der Waals surface area contributed by atoms with E-state index >= 15 is 0 Å². The number of rotatable bonds is 3. The van der Waals surface area contributed by atoms with Crippen molar-refractivity contribution in [2.75, 3.05) is 7.11 Å². The molecule has 0 fully saturated rings. The fourth-order valence-corrected chi connectivity index (χ4v) is 3.24. The molecule has 0 spiro atoms. The Bertz CT molecular complexity index is 1300. The number of ether oxygens (including phenoxy) is 1. The number of aromatic amines is 1. The predicted molar refractivity (Wildman–Crippen MR) is 102 cm³/mol. The zero-order valence-corrected chi connectivity index (χ0v) is 14.7. The molecule has 0 amide bonds. The van der Waals surface area contributed by atoms with Crippen LogP contribution in [0.15, 0.2) is 55.4 Å². The van der Waals surface area contributed by atoms with Crippen LogP contribution in [0.4, 0.5) is 4.39 Å². The Morgan fingerprint density at radius 1 is 0.964 bits per heavy atom. The topological polar surface area (TPSA) is 89.5 Å². The molecule has 5 heterocycles. The highest BCUT2D eigenvalue weighted by Gasteiger charge is 2.18. The summed E-state index contributed by atoms with van der Waals surface area (Å²) in [6.45, 7) is 0. The minimum absolute atomic E-state index is 0.219. The van der Waals surface area contributed by atoms with Crippen molar-refractivity contribution in [3.63, 3.8) is 0 Å². The summed E-state index contributed by atoms with van der Waals surface area (Å²) in [7, 11) is 1.48. The first-order valence-electron chi connectivity index (χ1n) is 8.47. The van der Waals surface area contributed by atoms with Crippen LogP contribution in [0.2, 0.25) is 0 Å². The lowest BCUT2D eigenvalue weighted by atomic mass is 10.0. The van der Waals surface area contributed by atoms with Crippen molar-refractivity contribution in [3.05, 3.63) is 61.2 Å². The lowest BCUT2D eigenvalue weighted by molar-refractivity contribution is 0.380. The fraction of sp³-hybridized carbons (Fsp3) is 0.0500. The van der Waals surface area contributed by atoms with Gasteiger partial charge in [-0.3, -0.25) is 9.97 Å². The number of halogens is 1. The Labute approximate surface area is 158 Å². The van der Waals surface area contributed by atoms with Gasteiger partial charge in [0.25, 0.3) is 0 Å². The Hall–Kier alpha value is -3.94. The smallest absolute Gasteiger partial charge is 0.316 e. The minimum atomic E-state index is -0.457. The summed E-state index contributed by atoms with van der Waals surface area (Å²) >= 11 is 0. The van der Waals surface area contributed by atoms with Crippen LogP contribution in [-0.4, -0.2) is 37.0 Å². The first-order chi connectivity index (χ1) is 13.7. The number of fused-ring (bicyclic) bond motifs is 3. The molecule has 0 aliphatic carbocycles. The van der Waals surface area contributed by atoms with E-state index in [2.05, 4.69) is 29.9 Å². The van der Waals surface area contributed by atoms with Gasteiger partial charge in [-0.15, -0.1) is 0 Å². The first kappa shape index (κ1) is 16.2. The molecule has 28 heavy (non-hydrogen) atoms. The van der Waals surface area contributed by atoms with E-state index in [1.807, 2.05) is 18.2 Å². The minimum Gasteiger partial charge on any atom is -0.467 e. The Kier molecular flexibility index (Phi) is 3.68. The van der Waals surface area contributed by atoms with Crippen LogP contribution in [0.5, 0.6) is 6.01 Å². The Balaban J connectivity index is 1.80. The SMILES string of the molecule is COc1ncc(-c2c(F)cnc3[nH]c4cnc(-c5cccnc5)cc4c23)cn1. The summed E-state index contributed by atoms with van der Waals surface area (Å²) in [6.07, 6.45) is 9.41. The maximum absolute atomic E-state index is 14.8. The third-order valence-corrected chi connectivity index (χ3v) is 4.52. The van der Waals surface area contributed by atoms with Crippen molar-refractivity contribution in [1.82, 2.24) is 29.9 Å². The van der Waals surface area contributed by atoms with Gasteiger partial charge in [0.15, 0.2) is 0 Å². The van der Waals surface area contributed by atoms with Gasteiger partial charge in [0, 0.05) is 52.3 Å². The van der Waals surface area contributed by atoms with E-state index in [9.17, 15) is 4.39 Å². The number of hydrogen-bond donors (Lipinski definition) is 1. The number of pyridine rings is 3. The van der Waals surface area contributed by atoms with Crippen LogP contribution in [0.3, 0.4) is 0 Å². The Morgan fingerprint density at radius 3 is 2.57 bits per heavy atom. The summed E-state index contributed by atoms with van der Waals surface area (Å²) in [4.78, 5) is 24.2. The van der Waals surface area contributed by atoms with Gasteiger partial charge in [-0.1, -0.05) is 0 Å². The molecular formula is C20H13FN6O. The largest absolute Gasteiger partial charge is 0.467 e. The van der Waals surface area contributed by atoms with Gasteiger partial charge in [0.05, 0.1) is 30.7 Å². The summed E-state index contributed by atoms with van der Waals surface area (Å²) in [5, 5.41) is 1.46. The summed E-state index contributed by atoms with van der Waals surface area (Å²) in [5.74, 6) is -0.457. The summed E-state index contributed by atoms with van der Waals surface area (Å²) < 4.78 is 19.8. The molecule has 0 atom stereocenters. The van der Waals surface area contributed by atoms with E-state index in [-0.39, 0.29) is 6.01 Å². The number of methoxy groups -OCH3 is 1. The molecule has 0 aromatic carbocycles. The molecule has 7 nitrogen and oxygen atoms in total. The summed E-state index contributed by atoms with van der Waals surface area (Å²) in [5.41, 5.74) is 3.84. The Morgan fingerprint density at radius 2 is 1.82 bits per heavy atom. The molecule has 136 valence electrons. The van der Waals surface area contributed by atoms with Gasteiger partial charge in [0.1, 0.15) is 11.5 Å². The van der Waals surface area contributed by atoms with Crippen LogP contribution in [0.1, 0.15) is 0 Å². The average Bonchev–Trinajstić information content (AvgIpc) is 3.12. The number of nitrogens with zero attached hydrogens (tertiary/aromatic N) is 5. The second kappa shape index (κ2) is 6.34. The maximum Gasteiger partial charge on any atom is 0.316 e. The number of H-pyrrole nitrogens is 1. The highest BCUT2D eigenvalue weighted by molar-refractivity contribution is 6.13. The van der Waals surface area contributed by atoms with Gasteiger partial charge >= 0.3 is 6.01 Å². The zero-order chi connectivity index (χ0) is 19.1. The van der Waals surface area contributed by atoms with Crippen molar-refractivity contribution in [2.24, 2.45) is 0 Å². The van der Waals surface area contributed by atoms with Crippen molar-refractivity contribution in [3.8, 4) is 28.4 Å². The molecule has 0 aliphatic rings. The molecule has 0 unspecified atom stereocenters. The van der Waals surface area contributed by atoms with Gasteiger partial charge in [-0.2, -0.15) is 0 Å². The zero-order valence-electron chi connectivity index (χ0n) is 14.7. The predicted octanol–water partition coefficient (Wildman–Crippen LogP) is 3.78. The van der Waals surface area contributed by atoms with Crippen molar-refractivity contribution in [1.29, 1.82) is 0 Å². The average molecular weight is 372 g/mol. The van der Waals surface area contributed by atoms with E-state index in [0.29, 0.717) is 22.2 Å². The maximum atomic E-state index is 14.8. The molecule has 8 heteroatoms. The molecule has 0 aliphatic heterocycles.